The first kappa shape index (κ1) is 40.0. The van der Waals surface area contributed by atoms with E-state index in [2.05, 4.69) is 48.5 Å². The third-order valence-electron chi connectivity index (χ3n) is 10.1. The lowest BCUT2D eigenvalue weighted by molar-refractivity contribution is -0.165. The fraction of sp³-hybridized carbons (Fsp3) is 0.949. The van der Waals surface area contributed by atoms with Gasteiger partial charge >= 0.3 is 11.9 Å². The van der Waals surface area contributed by atoms with Crippen molar-refractivity contribution in [1.82, 2.24) is 0 Å². The van der Waals surface area contributed by atoms with Gasteiger partial charge in [0.1, 0.15) is 0 Å². The third-order valence-corrected chi connectivity index (χ3v) is 10.1. The average Bonchev–Trinajstić information content (AvgIpc) is 2.98. The molecule has 254 valence electrons. The van der Waals surface area contributed by atoms with Crippen LogP contribution >= 0.6 is 0 Å². The first-order valence-electron chi connectivity index (χ1n) is 19.1. The number of hydrogen-bond donors (Lipinski definition) is 0. The third kappa shape index (κ3) is 18.5. The summed E-state index contributed by atoms with van der Waals surface area (Å²) in [5.74, 6) is 1.94. The SMILES string of the molecule is CCCCCC(CCC)COC(=O)C1CCC(CCCC(C)CCCC(C)C)CC1C(=O)OCC(CCC)CCCCC. The number of carbonyl (C=O) groups excluding carboxylic acids is 2. The Hall–Kier alpha value is -1.06. The number of hydrogen-bond acceptors (Lipinski definition) is 4. The van der Waals surface area contributed by atoms with E-state index in [1.54, 1.807) is 0 Å². The second-order valence-electron chi connectivity index (χ2n) is 14.8. The summed E-state index contributed by atoms with van der Waals surface area (Å²) < 4.78 is 12.0. The van der Waals surface area contributed by atoms with E-state index in [1.165, 1.54) is 70.6 Å². The van der Waals surface area contributed by atoms with Crippen LogP contribution in [-0.4, -0.2) is 25.2 Å². The van der Waals surface area contributed by atoms with Crippen LogP contribution in [0.3, 0.4) is 0 Å². The molecule has 1 fully saturated rings. The molecule has 1 aliphatic rings. The van der Waals surface area contributed by atoms with Crippen molar-refractivity contribution >= 4 is 11.9 Å². The zero-order valence-corrected chi connectivity index (χ0v) is 29.9. The number of carbonyl (C=O) groups is 2. The Morgan fingerprint density at radius 2 is 1.12 bits per heavy atom. The first-order valence-corrected chi connectivity index (χ1v) is 19.1. The molecule has 0 amide bonds. The van der Waals surface area contributed by atoms with Crippen molar-refractivity contribution < 1.29 is 19.1 Å². The molecule has 6 atom stereocenters. The van der Waals surface area contributed by atoms with Crippen LogP contribution in [-0.2, 0) is 19.1 Å². The Morgan fingerprint density at radius 1 is 0.581 bits per heavy atom. The van der Waals surface area contributed by atoms with Crippen molar-refractivity contribution in [1.29, 1.82) is 0 Å². The molecule has 0 aromatic rings. The van der Waals surface area contributed by atoms with E-state index in [0.29, 0.717) is 31.0 Å². The Labute approximate surface area is 268 Å². The Morgan fingerprint density at radius 3 is 1.63 bits per heavy atom. The van der Waals surface area contributed by atoms with Crippen molar-refractivity contribution in [3.63, 3.8) is 0 Å². The van der Waals surface area contributed by atoms with E-state index >= 15 is 0 Å². The van der Waals surface area contributed by atoms with Gasteiger partial charge in [-0.1, -0.05) is 138 Å². The van der Waals surface area contributed by atoms with Gasteiger partial charge in [0, 0.05) is 0 Å². The lowest BCUT2D eigenvalue weighted by Crippen LogP contribution is -2.38. The van der Waals surface area contributed by atoms with Gasteiger partial charge in [-0.3, -0.25) is 9.59 Å². The minimum absolute atomic E-state index is 0.140. The second-order valence-corrected chi connectivity index (χ2v) is 14.8. The maximum absolute atomic E-state index is 13.6. The van der Waals surface area contributed by atoms with Gasteiger partial charge in [-0.25, -0.2) is 0 Å². The molecule has 1 saturated carbocycles. The average molecular weight is 607 g/mol. The topological polar surface area (TPSA) is 52.6 Å². The van der Waals surface area contributed by atoms with E-state index < -0.39 is 0 Å². The fourth-order valence-corrected chi connectivity index (χ4v) is 7.25. The lowest BCUT2D eigenvalue weighted by Gasteiger charge is -2.34. The zero-order chi connectivity index (χ0) is 31.9. The van der Waals surface area contributed by atoms with Crippen LogP contribution in [0.4, 0.5) is 0 Å². The molecule has 1 aliphatic carbocycles. The lowest BCUT2D eigenvalue weighted by atomic mass is 9.72. The molecule has 4 nitrogen and oxygen atoms in total. The molecular formula is C39H74O4. The van der Waals surface area contributed by atoms with Crippen LogP contribution in [0.25, 0.3) is 0 Å². The molecule has 0 saturated heterocycles. The van der Waals surface area contributed by atoms with Gasteiger partial charge in [-0.2, -0.15) is 0 Å². The van der Waals surface area contributed by atoms with Crippen LogP contribution in [0.15, 0.2) is 0 Å². The molecule has 0 bridgehead atoms. The Balaban J connectivity index is 2.80. The van der Waals surface area contributed by atoms with Gasteiger partial charge in [0.25, 0.3) is 0 Å². The summed E-state index contributed by atoms with van der Waals surface area (Å²) in [5.41, 5.74) is 0. The standard InChI is InChI=1S/C39H74O4/c1-8-12-14-23-34(18-10-3)29-42-38(40)36-27-26-33(25-17-22-32(7)21-16-20-31(5)6)28-37(36)39(41)43-30-35(19-11-4)24-15-13-9-2/h31-37H,8-30H2,1-7H3. The molecule has 0 aromatic carbocycles. The van der Waals surface area contributed by atoms with Gasteiger partial charge < -0.3 is 9.47 Å². The maximum Gasteiger partial charge on any atom is 0.309 e. The molecule has 0 heterocycles. The van der Waals surface area contributed by atoms with Crippen molar-refractivity contribution in [3.8, 4) is 0 Å². The monoisotopic (exact) mass is 607 g/mol. The summed E-state index contributed by atoms with van der Waals surface area (Å²) in [4.78, 5) is 27.1. The zero-order valence-electron chi connectivity index (χ0n) is 29.9. The largest absolute Gasteiger partial charge is 0.465 e. The highest BCUT2D eigenvalue weighted by Gasteiger charge is 2.41. The van der Waals surface area contributed by atoms with Crippen molar-refractivity contribution in [2.45, 2.75) is 183 Å². The van der Waals surface area contributed by atoms with Gasteiger partial charge in [0.2, 0.25) is 0 Å². The fourth-order valence-electron chi connectivity index (χ4n) is 7.25. The molecule has 0 N–H and O–H groups in total. The molecule has 1 rings (SSSR count). The minimum atomic E-state index is -0.350. The summed E-state index contributed by atoms with van der Waals surface area (Å²) >= 11 is 0. The van der Waals surface area contributed by atoms with Gasteiger partial charge in [-0.15, -0.1) is 0 Å². The predicted molar refractivity (Wildman–Crippen MR) is 183 cm³/mol. The molecule has 6 unspecified atom stereocenters. The Kier molecular flexibility index (Phi) is 23.4. The quantitative estimate of drug-likeness (QED) is 0.0726. The summed E-state index contributed by atoms with van der Waals surface area (Å²) in [6.45, 7) is 16.9. The van der Waals surface area contributed by atoms with E-state index in [-0.39, 0.29) is 23.8 Å². The maximum atomic E-state index is 13.6. The normalized spacial score (nSPS) is 21.0. The smallest absolute Gasteiger partial charge is 0.309 e. The van der Waals surface area contributed by atoms with E-state index in [1.807, 2.05) is 0 Å². The van der Waals surface area contributed by atoms with Crippen molar-refractivity contribution in [2.75, 3.05) is 13.2 Å². The summed E-state index contributed by atoms with van der Waals surface area (Å²) in [6.07, 6.45) is 24.1. The molecule has 0 spiro atoms. The molecular weight excluding hydrogens is 532 g/mol. The van der Waals surface area contributed by atoms with Crippen molar-refractivity contribution in [3.05, 3.63) is 0 Å². The number of unbranched alkanes of at least 4 members (excludes halogenated alkanes) is 4. The number of esters is 2. The summed E-state index contributed by atoms with van der Waals surface area (Å²) in [7, 11) is 0. The highest BCUT2D eigenvalue weighted by atomic mass is 16.5. The van der Waals surface area contributed by atoms with Gasteiger partial charge in [0.05, 0.1) is 25.0 Å². The van der Waals surface area contributed by atoms with E-state index in [0.717, 1.165) is 76.0 Å². The molecule has 0 aliphatic heterocycles. The predicted octanol–water partition coefficient (Wildman–Crippen LogP) is 11.7. The van der Waals surface area contributed by atoms with E-state index in [4.69, 9.17) is 9.47 Å². The van der Waals surface area contributed by atoms with Crippen LogP contribution in [0.1, 0.15) is 183 Å². The summed E-state index contributed by atoms with van der Waals surface area (Å²) in [5, 5.41) is 0. The molecule has 0 aromatic heterocycles. The summed E-state index contributed by atoms with van der Waals surface area (Å²) in [6, 6.07) is 0. The van der Waals surface area contributed by atoms with Crippen LogP contribution in [0.5, 0.6) is 0 Å². The Bertz CT molecular complexity index is 689. The van der Waals surface area contributed by atoms with Crippen LogP contribution in [0, 0.1) is 41.4 Å². The van der Waals surface area contributed by atoms with Crippen LogP contribution < -0.4 is 0 Å². The molecule has 4 heteroatoms. The van der Waals surface area contributed by atoms with Crippen molar-refractivity contribution in [2.24, 2.45) is 41.4 Å². The molecule has 43 heavy (non-hydrogen) atoms. The first-order chi connectivity index (χ1) is 20.7. The van der Waals surface area contributed by atoms with Gasteiger partial charge in [-0.05, 0) is 74.5 Å². The second kappa shape index (κ2) is 25.2. The van der Waals surface area contributed by atoms with Gasteiger partial charge in [0.15, 0.2) is 0 Å². The number of rotatable bonds is 26. The highest BCUT2D eigenvalue weighted by Crippen LogP contribution is 2.39. The van der Waals surface area contributed by atoms with Crippen LogP contribution in [0.2, 0.25) is 0 Å². The van der Waals surface area contributed by atoms with E-state index in [9.17, 15) is 9.59 Å². The number of ether oxygens (including phenoxy) is 2. The molecule has 0 radical (unpaired) electrons. The minimum Gasteiger partial charge on any atom is -0.465 e. The highest BCUT2D eigenvalue weighted by molar-refractivity contribution is 5.82.